The van der Waals surface area contributed by atoms with Crippen LogP contribution < -0.4 is 15.2 Å². The van der Waals surface area contributed by atoms with Gasteiger partial charge in [-0.2, -0.15) is 5.10 Å². The smallest absolute Gasteiger partial charge is 0.289 e. The lowest BCUT2D eigenvalue weighted by atomic mass is 10.3. The maximum Gasteiger partial charge on any atom is 0.289 e. The second-order valence-electron chi connectivity index (χ2n) is 4.95. The van der Waals surface area contributed by atoms with Crippen LogP contribution in [0.1, 0.15) is 20.3 Å². The first-order chi connectivity index (χ1) is 11.6. The third-order valence-electron chi connectivity index (χ3n) is 3.28. The number of nitrogens with zero attached hydrogens (tertiary/aromatic N) is 4. The second kappa shape index (κ2) is 6.98. The van der Waals surface area contributed by atoms with Gasteiger partial charge in [0, 0.05) is 28.2 Å². The van der Waals surface area contributed by atoms with Gasteiger partial charge in [-0.3, -0.25) is 5.43 Å². The van der Waals surface area contributed by atoms with E-state index in [1.807, 2.05) is 13.8 Å². The van der Waals surface area contributed by atoms with Crippen LogP contribution in [-0.4, -0.2) is 16.0 Å². The van der Waals surface area contributed by atoms with Gasteiger partial charge in [0.05, 0.1) is 5.27 Å². The molecule has 0 unspecified atom stereocenters. The molecular formula is C15H14ClN5O2S. The van der Waals surface area contributed by atoms with Crippen molar-refractivity contribution in [1.82, 2.24) is 10.3 Å². The summed E-state index contributed by atoms with van der Waals surface area (Å²) in [6, 6.07) is 6.91. The number of rotatable bonds is 5. The van der Waals surface area contributed by atoms with E-state index >= 15 is 0 Å². The monoisotopic (exact) mass is 363 g/mol. The van der Waals surface area contributed by atoms with Crippen molar-refractivity contribution in [2.45, 2.75) is 20.3 Å². The number of thiazole rings is 1. The third kappa shape index (κ3) is 3.39. The average molecular weight is 364 g/mol. The Morgan fingerprint density at radius 2 is 2.17 bits per heavy atom. The molecule has 0 amide bonds. The predicted octanol–water partition coefficient (Wildman–Crippen LogP) is 3.00. The topological polar surface area (TPSA) is 90.2 Å². The molecule has 0 radical (unpaired) electrons. The minimum Gasteiger partial charge on any atom is -0.539 e. The summed E-state index contributed by atoms with van der Waals surface area (Å²) in [7, 11) is 0. The Balaban J connectivity index is 1.94. The highest BCUT2D eigenvalue weighted by Crippen LogP contribution is 2.28. The van der Waals surface area contributed by atoms with Crippen LogP contribution in [0.5, 0.6) is 5.95 Å². The Kier molecular flexibility index (Phi) is 4.77. The normalized spacial score (nSPS) is 11.7. The summed E-state index contributed by atoms with van der Waals surface area (Å²) < 4.78 is 6.20. The molecule has 3 aromatic rings. The molecule has 0 bridgehead atoms. The first-order valence-corrected chi connectivity index (χ1v) is 8.44. The first kappa shape index (κ1) is 16.4. The molecule has 0 aliphatic rings. The average Bonchev–Trinajstić information content (AvgIpc) is 3.19. The number of hydrazone groups is 1. The summed E-state index contributed by atoms with van der Waals surface area (Å²) in [6.07, 6.45) is 0.845. The molecule has 7 nitrogen and oxygen atoms in total. The highest BCUT2D eigenvalue weighted by molar-refractivity contribution is 7.14. The second-order valence-corrected chi connectivity index (χ2v) is 6.24. The van der Waals surface area contributed by atoms with E-state index in [4.69, 9.17) is 16.1 Å². The molecule has 2 heterocycles. The lowest BCUT2D eigenvalue weighted by Crippen LogP contribution is -2.34. The molecular weight excluding hydrogens is 350 g/mol. The van der Waals surface area contributed by atoms with Crippen molar-refractivity contribution in [2.24, 2.45) is 5.10 Å². The maximum atomic E-state index is 12.0. The van der Waals surface area contributed by atoms with E-state index in [2.05, 4.69) is 20.8 Å². The molecule has 2 aromatic heterocycles. The molecule has 9 heteroatoms. The van der Waals surface area contributed by atoms with Crippen molar-refractivity contribution in [3.63, 3.8) is 0 Å². The van der Waals surface area contributed by atoms with Crippen molar-refractivity contribution >= 4 is 33.8 Å². The van der Waals surface area contributed by atoms with Gasteiger partial charge in [-0.15, -0.1) is 11.3 Å². The quantitative estimate of drug-likeness (QED) is 0.427. The number of halogens is 1. The van der Waals surface area contributed by atoms with Crippen molar-refractivity contribution in [1.29, 1.82) is 0 Å². The van der Waals surface area contributed by atoms with Gasteiger partial charge >= 0.3 is 0 Å². The molecule has 0 aliphatic carbocycles. The summed E-state index contributed by atoms with van der Waals surface area (Å²) in [5.41, 5.74) is 5.20. The van der Waals surface area contributed by atoms with Gasteiger partial charge in [-0.05, 0) is 30.2 Å². The van der Waals surface area contributed by atoms with Crippen molar-refractivity contribution in [3.8, 4) is 23.0 Å². The van der Waals surface area contributed by atoms with Crippen LogP contribution in [0, 0.1) is 0 Å². The number of benzene rings is 1. The van der Waals surface area contributed by atoms with Crippen molar-refractivity contribution in [2.75, 3.05) is 5.43 Å². The minimum atomic E-state index is -0.560. The van der Waals surface area contributed by atoms with Crippen LogP contribution in [0.25, 0.3) is 17.1 Å². The van der Waals surface area contributed by atoms with E-state index < -0.39 is 5.95 Å². The van der Waals surface area contributed by atoms with Gasteiger partial charge in [0.2, 0.25) is 10.8 Å². The van der Waals surface area contributed by atoms with Crippen LogP contribution in [0.15, 0.2) is 39.3 Å². The van der Waals surface area contributed by atoms with Gasteiger partial charge in [0.15, 0.2) is 11.6 Å². The summed E-state index contributed by atoms with van der Waals surface area (Å²) in [6.45, 7) is 3.94. The van der Waals surface area contributed by atoms with Gasteiger partial charge in [-0.1, -0.05) is 18.5 Å². The Bertz CT molecular complexity index is 872. The minimum absolute atomic E-state index is 0.248. The van der Waals surface area contributed by atoms with Crippen molar-refractivity contribution < 1.29 is 14.3 Å². The van der Waals surface area contributed by atoms with Crippen LogP contribution in [0.3, 0.4) is 0 Å². The van der Waals surface area contributed by atoms with Gasteiger partial charge in [0.25, 0.3) is 5.69 Å². The highest BCUT2D eigenvalue weighted by atomic mass is 35.5. The van der Waals surface area contributed by atoms with Crippen LogP contribution >= 0.6 is 22.9 Å². The fraction of sp³-hybridized carbons (Fsp3) is 0.200. The molecule has 0 atom stereocenters. The standard InChI is InChI=1S/C15H14ClN5O2S/c1-3-9(2)18-19-15-17-12(8-24-15)13-14(22)23-20-21(13)11-6-4-10(16)5-7-11/h4-8H,3H2,1-2H3,(H-,17,19,20,22)/b18-9+. The fourth-order valence-corrected chi connectivity index (χ4v) is 2.64. The van der Waals surface area contributed by atoms with Gasteiger partial charge in [0.1, 0.15) is 0 Å². The van der Waals surface area contributed by atoms with Crippen molar-refractivity contribution in [3.05, 3.63) is 34.7 Å². The summed E-state index contributed by atoms with van der Waals surface area (Å²) in [5.74, 6) is -0.560. The Hall–Kier alpha value is -2.45. The van der Waals surface area contributed by atoms with E-state index in [0.717, 1.165) is 12.1 Å². The molecule has 1 N–H and O–H groups in total. The van der Waals surface area contributed by atoms with Gasteiger partial charge < -0.3 is 9.63 Å². The molecule has 124 valence electrons. The lowest BCUT2D eigenvalue weighted by Gasteiger charge is -1.97. The summed E-state index contributed by atoms with van der Waals surface area (Å²) in [5, 5.41) is 23.0. The largest absolute Gasteiger partial charge is 0.539 e. The number of hydrogen-bond acceptors (Lipinski definition) is 7. The van der Waals surface area contributed by atoms with E-state index in [9.17, 15) is 5.11 Å². The molecule has 24 heavy (non-hydrogen) atoms. The molecule has 3 rings (SSSR count). The number of hydrogen-bond donors (Lipinski definition) is 1. The zero-order valence-electron chi connectivity index (χ0n) is 13.0. The highest BCUT2D eigenvalue weighted by Gasteiger charge is 2.24. The number of anilines is 1. The lowest BCUT2D eigenvalue weighted by molar-refractivity contribution is -0.660. The van der Waals surface area contributed by atoms with Crippen LogP contribution in [-0.2, 0) is 0 Å². The first-order valence-electron chi connectivity index (χ1n) is 7.18. The summed E-state index contributed by atoms with van der Waals surface area (Å²) >= 11 is 7.23. The van der Waals surface area contributed by atoms with Gasteiger partial charge in [-0.25, -0.2) is 4.98 Å². The Morgan fingerprint density at radius 1 is 1.42 bits per heavy atom. The van der Waals surface area contributed by atoms with Crippen LogP contribution in [0.2, 0.25) is 5.02 Å². The molecule has 1 aromatic carbocycles. The van der Waals surface area contributed by atoms with Crippen LogP contribution in [0.4, 0.5) is 5.13 Å². The van der Waals surface area contributed by atoms with E-state index in [0.29, 0.717) is 21.5 Å². The SMILES string of the molecule is CC/C(C)=N/Nc1nc(-c2c([O-])on[n+]2-c2ccc(Cl)cc2)cs1. The molecule has 0 aliphatic heterocycles. The number of nitrogens with one attached hydrogen (secondary N) is 1. The zero-order valence-corrected chi connectivity index (χ0v) is 14.6. The molecule has 0 fully saturated rings. The Morgan fingerprint density at radius 3 is 2.88 bits per heavy atom. The summed E-state index contributed by atoms with van der Waals surface area (Å²) in [4.78, 5) is 4.38. The Labute approximate surface area is 147 Å². The maximum absolute atomic E-state index is 12.0. The van der Waals surface area contributed by atoms with E-state index in [-0.39, 0.29) is 5.69 Å². The zero-order chi connectivity index (χ0) is 17.1. The fourth-order valence-electron chi connectivity index (χ4n) is 1.88. The molecule has 0 saturated heterocycles. The number of aromatic nitrogens is 3. The molecule has 0 spiro atoms. The molecule has 0 saturated carbocycles. The van der Waals surface area contributed by atoms with E-state index in [1.54, 1.807) is 29.6 Å². The third-order valence-corrected chi connectivity index (χ3v) is 4.28. The van der Waals surface area contributed by atoms with E-state index in [1.165, 1.54) is 16.0 Å². The predicted molar refractivity (Wildman–Crippen MR) is 90.6 cm³/mol.